The van der Waals surface area contributed by atoms with E-state index in [1.165, 1.54) is 0 Å². The zero-order chi connectivity index (χ0) is 9.26. The number of ether oxygens (including phenoxy) is 2. The first-order chi connectivity index (χ1) is 6.25. The molecule has 0 unspecified atom stereocenters. The minimum Gasteiger partial charge on any atom is -0.353 e. The van der Waals surface area contributed by atoms with Crippen LogP contribution >= 0.6 is 0 Å². The summed E-state index contributed by atoms with van der Waals surface area (Å²) in [5.74, 6) is -0.0359. The lowest BCUT2D eigenvalue weighted by Crippen LogP contribution is -2.41. The number of rotatable bonds is 2. The summed E-state index contributed by atoms with van der Waals surface area (Å²) in [6.07, 6.45) is 2.08. The van der Waals surface area contributed by atoms with Crippen LogP contribution in [0.4, 0.5) is 0 Å². The van der Waals surface area contributed by atoms with Crippen molar-refractivity contribution in [3.05, 3.63) is 0 Å². The normalized spacial score (nSPS) is 34.2. The quantitative estimate of drug-likeness (QED) is 0.672. The highest BCUT2D eigenvalue weighted by molar-refractivity contribution is 5.79. The molecule has 0 spiro atoms. The molecule has 1 saturated carbocycles. The van der Waals surface area contributed by atoms with Crippen molar-refractivity contribution in [1.29, 1.82) is 0 Å². The largest absolute Gasteiger partial charge is 0.353 e. The molecule has 0 radical (unpaired) electrons. The molecule has 0 aromatic carbocycles. The van der Waals surface area contributed by atoms with E-state index in [0.29, 0.717) is 19.3 Å². The zero-order valence-corrected chi connectivity index (χ0v) is 7.79. The molecule has 1 N–H and O–H groups in total. The predicted molar refractivity (Wildman–Crippen MR) is 46.0 cm³/mol. The van der Waals surface area contributed by atoms with E-state index in [1.807, 2.05) is 6.92 Å². The summed E-state index contributed by atoms with van der Waals surface area (Å²) in [4.78, 5) is 11.5. The van der Waals surface area contributed by atoms with Gasteiger partial charge in [0.1, 0.15) is 0 Å². The number of carbonyl (C=O) groups excluding carboxylic acids is 1. The van der Waals surface area contributed by atoms with Crippen molar-refractivity contribution < 1.29 is 14.3 Å². The number of amides is 1. The molecule has 4 heteroatoms. The summed E-state index contributed by atoms with van der Waals surface area (Å²) in [5, 5.41) is 2.94. The third kappa shape index (κ3) is 2.42. The minimum absolute atomic E-state index is 0.0781. The Morgan fingerprint density at radius 2 is 1.92 bits per heavy atom. The first-order valence-electron chi connectivity index (χ1n) is 4.79. The standard InChI is InChI=1S/C9H15NO3/c1-6-12-4-7(5-13-6)9(11)10-8-2-3-8/h6-8H,2-5H2,1H3,(H,10,11). The fourth-order valence-electron chi connectivity index (χ4n) is 1.30. The lowest BCUT2D eigenvalue weighted by atomic mass is 10.1. The average Bonchev–Trinajstić information content (AvgIpc) is 2.89. The maximum Gasteiger partial charge on any atom is 0.228 e. The summed E-state index contributed by atoms with van der Waals surface area (Å²) < 4.78 is 10.5. The fraction of sp³-hybridized carbons (Fsp3) is 0.889. The lowest BCUT2D eigenvalue weighted by Gasteiger charge is -2.26. The van der Waals surface area contributed by atoms with Gasteiger partial charge in [-0.25, -0.2) is 0 Å². The van der Waals surface area contributed by atoms with Crippen LogP contribution in [0.15, 0.2) is 0 Å². The summed E-state index contributed by atoms with van der Waals surface area (Å²) in [5.41, 5.74) is 0. The smallest absolute Gasteiger partial charge is 0.228 e. The van der Waals surface area contributed by atoms with Crippen molar-refractivity contribution >= 4 is 5.91 Å². The molecule has 0 bridgehead atoms. The van der Waals surface area contributed by atoms with E-state index in [0.717, 1.165) is 12.8 Å². The second-order valence-corrected chi connectivity index (χ2v) is 3.71. The topological polar surface area (TPSA) is 47.6 Å². The molecule has 1 saturated heterocycles. The average molecular weight is 185 g/mol. The van der Waals surface area contributed by atoms with E-state index in [4.69, 9.17) is 9.47 Å². The highest BCUT2D eigenvalue weighted by Crippen LogP contribution is 2.20. The molecule has 1 aliphatic carbocycles. The number of nitrogens with one attached hydrogen (secondary N) is 1. The van der Waals surface area contributed by atoms with Gasteiger partial charge in [-0.15, -0.1) is 0 Å². The van der Waals surface area contributed by atoms with Gasteiger partial charge >= 0.3 is 0 Å². The molecular weight excluding hydrogens is 170 g/mol. The third-order valence-electron chi connectivity index (χ3n) is 2.36. The van der Waals surface area contributed by atoms with E-state index in [-0.39, 0.29) is 18.1 Å². The van der Waals surface area contributed by atoms with Crippen molar-refractivity contribution in [1.82, 2.24) is 5.32 Å². The Morgan fingerprint density at radius 1 is 1.31 bits per heavy atom. The summed E-state index contributed by atoms with van der Waals surface area (Å²) in [7, 11) is 0. The van der Waals surface area contributed by atoms with Crippen LogP contribution in [0.25, 0.3) is 0 Å². The number of hydrogen-bond acceptors (Lipinski definition) is 3. The second kappa shape index (κ2) is 3.64. The molecule has 0 atom stereocenters. The Hall–Kier alpha value is -0.610. The molecule has 2 aliphatic rings. The van der Waals surface area contributed by atoms with Gasteiger partial charge in [-0.2, -0.15) is 0 Å². The van der Waals surface area contributed by atoms with Crippen molar-refractivity contribution in [3.8, 4) is 0 Å². The second-order valence-electron chi connectivity index (χ2n) is 3.71. The predicted octanol–water partition coefficient (Wildman–Crippen LogP) is 0.274. The lowest BCUT2D eigenvalue weighted by molar-refractivity contribution is -0.192. The number of carbonyl (C=O) groups is 1. The van der Waals surface area contributed by atoms with Gasteiger partial charge in [0.15, 0.2) is 6.29 Å². The van der Waals surface area contributed by atoms with Crippen molar-refractivity contribution in [2.45, 2.75) is 32.1 Å². The van der Waals surface area contributed by atoms with Crippen LogP contribution in [0.1, 0.15) is 19.8 Å². The SMILES string of the molecule is CC1OCC(C(=O)NC2CC2)CO1. The summed E-state index contributed by atoms with van der Waals surface area (Å²) in [6.45, 7) is 2.81. The van der Waals surface area contributed by atoms with Crippen LogP contribution in [0.3, 0.4) is 0 Å². The maximum absolute atomic E-state index is 11.5. The Morgan fingerprint density at radius 3 is 2.46 bits per heavy atom. The molecule has 2 rings (SSSR count). The van der Waals surface area contributed by atoms with Gasteiger partial charge in [0, 0.05) is 6.04 Å². The van der Waals surface area contributed by atoms with Gasteiger partial charge in [0.25, 0.3) is 0 Å². The molecule has 1 heterocycles. The minimum atomic E-state index is -0.162. The van der Waals surface area contributed by atoms with E-state index in [1.54, 1.807) is 0 Å². The monoisotopic (exact) mass is 185 g/mol. The van der Waals surface area contributed by atoms with Gasteiger partial charge in [-0.1, -0.05) is 0 Å². The van der Waals surface area contributed by atoms with Crippen LogP contribution in [0, 0.1) is 5.92 Å². The van der Waals surface area contributed by atoms with Gasteiger partial charge in [0.05, 0.1) is 19.1 Å². The molecule has 0 aromatic heterocycles. The van der Waals surface area contributed by atoms with Crippen LogP contribution in [0.2, 0.25) is 0 Å². The summed E-state index contributed by atoms with van der Waals surface area (Å²) in [6, 6.07) is 0.423. The van der Waals surface area contributed by atoms with Crippen LogP contribution in [-0.4, -0.2) is 31.5 Å². The van der Waals surface area contributed by atoms with E-state index in [9.17, 15) is 4.79 Å². The van der Waals surface area contributed by atoms with Crippen LogP contribution in [-0.2, 0) is 14.3 Å². The van der Waals surface area contributed by atoms with Crippen molar-refractivity contribution in [2.24, 2.45) is 5.92 Å². The van der Waals surface area contributed by atoms with E-state index >= 15 is 0 Å². The van der Waals surface area contributed by atoms with Gasteiger partial charge in [-0.3, -0.25) is 4.79 Å². The Labute approximate surface area is 77.6 Å². The zero-order valence-electron chi connectivity index (χ0n) is 7.79. The Kier molecular flexibility index (Phi) is 2.51. The van der Waals surface area contributed by atoms with Crippen LogP contribution < -0.4 is 5.32 Å². The third-order valence-corrected chi connectivity index (χ3v) is 2.36. The Balaban J connectivity index is 1.75. The fourth-order valence-corrected chi connectivity index (χ4v) is 1.30. The van der Waals surface area contributed by atoms with Gasteiger partial charge in [0.2, 0.25) is 5.91 Å². The number of hydrogen-bond donors (Lipinski definition) is 1. The molecule has 0 aromatic rings. The highest BCUT2D eigenvalue weighted by atomic mass is 16.7. The molecular formula is C9H15NO3. The van der Waals surface area contributed by atoms with E-state index < -0.39 is 0 Å². The van der Waals surface area contributed by atoms with Crippen molar-refractivity contribution in [2.75, 3.05) is 13.2 Å². The first kappa shape index (κ1) is 8.97. The molecule has 2 fully saturated rings. The molecule has 1 aliphatic heterocycles. The molecule has 4 nitrogen and oxygen atoms in total. The molecule has 13 heavy (non-hydrogen) atoms. The van der Waals surface area contributed by atoms with Gasteiger partial charge < -0.3 is 14.8 Å². The molecule has 74 valence electrons. The van der Waals surface area contributed by atoms with Crippen molar-refractivity contribution in [3.63, 3.8) is 0 Å². The highest BCUT2D eigenvalue weighted by Gasteiger charge is 2.30. The molecule has 1 amide bonds. The summed E-state index contributed by atoms with van der Waals surface area (Å²) >= 11 is 0. The van der Waals surface area contributed by atoms with E-state index in [2.05, 4.69) is 5.32 Å². The maximum atomic E-state index is 11.5. The first-order valence-corrected chi connectivity index (χ1v) is 4.79. The van der Waals surface area contributed by atoms with Gasteiger partial charge in [-0.05, 0) is 19.8 Å². The van der Waals surface area contributed by atoms with Crippen LogP contribution in [0.5, 0.6) is 0 Å². The Bertz CT molecular complexity index is 195.